The van der Waals surface area contributed by atoms with Gasteiger partial charge in [-0.1, -0.05) is 0 Å². The van der Waals surface area contributed by atoms with Gasteiger partial charge >= 0.3 is 0 Å². The van der Waals surface area contributed by atoms with Crippen LogP contribution in [0.4, 0.5) is 0 Å². The smallest absolute Gasteiger partial charge is 0.229 e. The minimum absolute atomic E-state index is 0.0249. The van der Waals surface area contributed by atoms with Crippen molar-refractivity contribution in [2.45, 2.75) is 30.7 Å². The Morgan fingerprint density at radius 2 is 1.71 bits per heavy atom. The summed E-state index contributed by atoms with van der Waals surface area (Å²) >= 11 is 0. The number of methoxy groups -OCH3 is 1. The normalized spacial score (nSPS) is 24.8. The fourth-order valence-corrected chi connectivity index (χ4v) is 3.63. The SMILES string of the molecule is COc1cc2oc(-c3ccc(O)c(O)c3)cc(=O)c2c(O)c1O[C@@H]1O[C@H](CO)[C@H](O)[C@H](O)[C@H]1O. The first-order valence-corrected chi connectivity index (χ1v) is 10.0. The quantitative estimate of drug-likeness (QED) is 0.238. The van der Waals surface area contributed by atoms with Crippen LogP contribution in [0.2, 0.25) is 0 Å². The maximum atomic E-state index is 12.8. The third-order valence-electron chi connectivity index (χ3n) is 5.48. The predicted molar refractivity (Wildman–Crippen MR) is 114 cm³/mol. The zero-order chi connectivity index (χ0) is 24.7. The van der Waals surface area contributed by atoms with Crippen LogP contribution in [0.3, 0.4) is 0 Å². The van der Waals surface area contributed by atoms with E-state index < -0.39 is 60.0 Å². The summed E-state index contributed by atoms with van der Waals surface area (Å²) in [5, 5.41) is 69.2. The summed E-state index contributed by atoms with van der Waals surface area (Å²) in [6, 6.07) is 6.10. The molecule has 34 heavy (non-hydrogen) atoms. The lowest BCUT2D eigenvalue weighted by atomic mass is 9.99. The van der Waals surface area contributed by atoms with E-state index in [0.717, 1.165) is 6.07 Å². The van der Waals surface area contributed by atoms with Gasteiger partial charge in [-0.25, -0.2) is 0 Å². The van der Waals surface area contributed by atoms with Gasteiger partial charge in [-0.05, 0) is 18.2 Å². The van der Waals surface area contributed by atoms with E-state index in [2.05, 4.69) is 0 Å². The first-order chi connectivity index (χ1) is 16.2. The second kappa shape index (κ2) is 9.00. The highest BCUT2D eigenvalue weighted by Gasteiger charge is 2.45. The van der Waals surface area contributed by atoms with Gasteiger partial charge < -0.3 is 54.4 Å². The number of ether oxygens (including phenoxy) is 3. The van der Waals surface area contributed by atoms with Crippen LogP contribution in [0.5, 0.6) is 28.7 Å². The highest BCUT2D eigenvalue weighted by molar-refractivity contribution is 5.89. The summed E-state index contributed by atoms with van der Waals surface area (Å²) in [5.74, 6) is -2.01. The van der Waals surface area contributed by atoms with Crippen molar-refractivity contribution in [2.24, 2.45) is 0 Å². The van der Waals surface area contributed by atoms with Crippen LogP contribution in [-0.4, -0.2) is 80.2 Å². The summed E-state index contributed by atoms with van der Waals surface area (Å²) in [4.78, 5) is 12.8. The van der Waals surface area contributed by atoms with Crippen LogP contribution in [0.15, 0.2) is 39.5 Å². The van der Waals surface area contributed by atoms with Crippen LogP contribution in [-0.2, 0) is 4.74 Å². The van der Waals surface area contributed by atoms with E-state index in [0.29, 0.717) is 0 Å². The number of fused-ring (bicyclic) bond motifs is 1. The number of aliphatic hydroxyl groups is 4. The van der Waals surface area contributed by atoms with Crippen molar-refractivity contribution in [1.82, 2.24) is 0 Å². The van der Waals surface area contributed by atoms with Gasteiger partial charge in [-0.15, -0.1) is 0 Å². The average Bonchev–Trinajstić information content (AvgIpc) is 2.81. The molecule has 0 bridgehead atoms. The van der Waals surface area contributed by atoms with Gasteiger partial charge in [-0.3, -0.25) is 4.79 Å². The molecule has 1 aliphatic rings. The zero-order valence-corrected chi connectivity index (χ0v) is 17.7. The summed E-state index contributed by atoms with van der Waals surface area (Å²) < 4.78 is 21.7. The van der Waals surface area contributed by atoms with Crippen LogP contribution < -0.4 is 14.9 Å². The second-order valence-electron chi connectivity index (χ2n) is 7.62. The molecule has 12 nitrogen and oxygen atoms in total. The van der Waals surface area contributed by atoms with Gasteiger partial charge in [0.25, 0.3) is 0 Å². The minimum Gasteiger partial charge on any atom is -0.504 e. The Hall–Kier alpha value is -3.55. The largest absolute Gasteiger partial charge is 0.504 e. The molecule has 0 amide bonds. The van der Waals surface area contributed by atoms with Crippen molar-refractivity contribution in [3.63, 3.8) is 0 Å². The van der Waals surface area contributed by atoms with Gasteiger partial charge in [0.05, 0.1) is 13.7 Å². The standard InChI is InChI=1S/C22H22O12/c1-31-14-6-13-16(11(26)5-12(32-13)8-2-3-9(24)10(25)4-8)18(28)21(14)34-22-20(30)19(29)17(27)15(7-23)33-22/h2-6,15,17,19-20,22-25,27-30H,7H2,1H3/t15-,17+,19+,20-,22+/m1/s1. The van der Waals surface area contributed by atoms with Gasteiger partial charge in [0.15, 0.2) is 28.4 Å². The fourth-order valence-electron chi connectivity index (χ4n) is 3.63. The Morgan fingerprint density at radius 3 is 2.35 bits per heavy atom. The minimum atomic E-state index is -1.77. The molecule has 0 unspecified atom stereocenters. The van der Waals surface area contributed by atoms with Gasteiger partial charge in [0.1, 0.15) is 41.1 Å². The van der Waals surface area contributed by atoms with Crippen molar-refractivity contribution in [1.29, 1.82) is 0 Å². The molecule has 1 fully saturated rings. The number of hydrogen-bond acceptors (Lipinski definition) is 12. The van der Waals surface area contributed by atoms with Gasteiger partial charge in [0, 0.05) is 17.7 Å². The van der Waals surface area contributed by atoms with Crippen LogP contribution in [0.25, 0.3) is 22.3 Å². The summed E-state index contributed by atoms with van der Waals surface area (Å²) in [6.07, 6.45) is -8.00. The lowest BCUT2D eigenvalue weighted by Crippen LogP contribution is -2.60. The molecular weight excluding hydrogens is 456 g/mol. The van der Waals surface area contributed by atoms with Crippen LogP contribution in [0.1, 0.15) is 0 Å². The van der Waals surface area contributed by atoms with Gasteiger partial charge in [0.2, 0.25) is 12.0 Å². The Balaban J connectivity index is 1.78. The molecule has 12 heteroatoms. The van der Waals surface area contributed by atoms with E-state index in [1.54, 1.807) is 0 Å². The maximum Gasteiger partial charge on any atom is 0.229 e. The van der Waals surface area contributed by atoms with Crippen LogP contribution in [0, 0.1) is 0 Å². The first-order valence-electron chi connectivity index (χ1n) is 10.0. The highest BCUT2D eigenvalue weighted by atomic mass is 16.7. The number of benzene rings is 2. The van der Waals surface area contributed by atoms with Crippen molar-refractivity contribution in [3.8, 4) is 40.1 Å². The molecule has 2 heterocycles. The van der Waals surface area contributed by atoms with Crippen LogP contribution >= 0.6 is 0 Å². The molecule has 0 spiro atoms. The Bertz CT molecular complexity index is 1270. The van der Waals surface area contributed by atoms with E-state index in [4.69, 9.17) is 18.6 Å². The molecule has 0 aliphatic carbocycles. The van der Waals surface area contributed by atoms with E-state index in [1.807, 2.05) is 0 Å². The fraction of sp³-hybridized carbons (Fsp3) is 0.318. The monoisotopic (exact) mass is 478 g/mol. The molecule has 0 radical (unpaired) electrons. The number of hydrogen-bond donors (Lipinski definition) is 7. The zero-order valence-electron chi connectivity index (χ0n) is 17.7. The topological polar surface area (TPSA) is 200 Å². The van der Waals surface area contributed by atoms with E-state index in [9.17, 15) is 40.5 Å². The maximum absolute atomic E-state index is 12.8. The summed E-state index contributed by atoms with van der Waals surface area (Å²) in [6.45, 7) is -0.690. The molecule has 3 aromatic rings. The van der Waals surface area contributed by atoms with Crippen molar-refractivity contribution >= 4 is 11.0 Å². The van der Waals surface area contributed by atoms with Crippen molar-refractivity contribution in [2.75, 3.05) is 13.7 Å². The molecule has 4 rings (SSSR count). The molecular formula is C22H22O12. The third kappa shape index (κ3) is 3.97. The lowest BCUT2D eigenvalue weighted by molar-refractivity contribution is -0.277. The van der Waals surface area contributed by atoms with Crippen molar-refractivity contribution < 1.29 is 54.4 Å². The number of phenolic OH excluding ortho intramolecular Hbond substituents is 3. The highest BCUT2D eigenvalue weighted by Crippen LogP contribution is 2.44. The predicted octanol–water partition coefficient (Wildman–Crippen LogP) is -0.236. The van der Waals surface area contributed by atoms with Crippen molar-refractivity contribution in [3.05, 3.63) is 40.6 Å². The van der Waals surface area contributed by atoms with E-state index >= 15 is 0 Å². The number of aliphatic hydroxyl groups excluding tert-OH is 4. The Morgan fingerprint density at radius 1 is 0.971 bits per heavy atom. The molecule has 7 N–H and O–H groups in total. The number of phenols is 3. The lowest BCUT2D eigenvalue weighted by Gasteiger charge is -2.39. The summed E-state index contributed by atoms with van der Waals surface area (Å²) in [7, 11) is 1.24. The first kappa shape index (κ1) is 23.6. The second-order valence-corrected chi connectivity index (χ2v) is 7.62. The molecule has 5 atom stereocenters. The number of rotatable bonds is 5. The molecule has 0 saturated carbocycles. The Kier molecular flexibility index (Phi) is 6.25. The summed E-state index contributed by atoms with van der Waals surface area (Å²) in [5.41, 5.74) is -0.525. The molecule has 1 aliphatic heterocycles. The molecule has 1 saturated heterocycles. The molecule has 2 aromatic carbocycles. The third-order valence-corrected chi connectivity index (χ3v) is 5.48. The Labute approximate surface area is 191 Å². The van der Waals surface area contributed by atoms with E-state index in [1.165, 1.54) is 31.4 Å². The number of aromatic hydroxyl groups is 3. The average molecular weight is 478 g/mol. The van der Waals surface area contributed by atoms with Gasteiger partial charge in [-0.2, -0.15) is 0 Å². The molecule has 182 valence electrons. The molecule has 1 aromatic heterocycles. The van der Waals surface area contributed by atoms with E-state index in [-0.39, 0.29) is 33.8 Å².